The maximum atomic E-state index is 16.1. The van der Waals surface area contributed by atoms with Crippen LogP contribution < -0.4 is 15.1 Å². The standard InChI is InChI=1S/C30H30FN7O2/c1-19-18-40-14-13-37(19)28-16-24(25(17-32)29(35-28)34-27-11-12-33-36-27)23-10-9-22(15-26(23)31)38(30(39)20-7-8-20)21-5-3-2-4-6-21/h2-6,9-12,15-17,19-20,32H,7-8,13-14,18H2,1H3,(H2,33,34,35,36)/t19-/m1/s1. The smallest absolute Gasteiger partial charge is 0.234 e. The number of halogens is 1. The van der Waals surface area contributed by atoms with E-state index in [-0.39, 0.29) is 17.9 Å². The van der Waals surface area contributed by atoms with E-state index < -0.39 is 5.82 Å². The Kier molecular flexibility index (Phi) is 7.00. The summed E-state index contributed by atoms with van der Waals surface area (Å²) in [5.74, 6) is 1.09. The van der Waals surface area contributed by atoms with Gasteiger partial charge >= 0.3 is 0 Å². The van der Waals surface area contributed by atoms with Crippen molar-refractivity contribution in [3.63, 3.8) is 0 Å². The molecule has 0 bridgehead atoms. The number of nitrogens with one attached hydrogen (secondary N) is 3. The van der Waals surface area contributed by atoms with Gasteiger partial charge in [-0.1, -0.05) is 18.2 Å². The molecule has 0 spiro atoms. The van der Waals surface area contributed by atoms with Gasteiger partial charge in [-0.05, 0) is 56.2 Å². The predicted molar refractivity (Wildman–Crippen MR) is 153 cm³/mol. The van der Waals surface area contributed by atoms with Crippen LogP contribution in [0.2, 0.25) is 0 Å². The van der Waals surface area contributed by atoms with Crippen molar-refractivity contribution in [3.8, 4) is 11.1 Å². The fraction of sp³-hybridized carbons (Fsp3) is 0.267. The van der Waals surface area contributed by atoms with E-state index in [0.29, 0.717) is 65.3 Å². The van der Waals surface area contributed by atoms with E-state index in [1.54, 1.807) is 29.3 Å². The summed E-state index contributed by atoms with van der Waals surface area (Å²) in [4.78, 5) is 21.8. The lowest BCUT2D eigenvalue weighted by Crippen LogP contribution is -2.44. The minimum absolute atomic E-state index is 0.0305. The molecule has 2 aliphatic rings. The highest BCUT2D eigenvalue weighted by molar-refractivity contribution is 6.03. The van der Waals surface area contributed by atoms with Gasteiger partial charge in [0.05, 0.1) is 31.1 Å². The molecule has 6 rings (SSSR count). The summed E-state index contributed by atoms with van der Waals surface area (Å²) < 4.78 is 21.7. The highest BCUT2D eigenvalue weighted by atomic mass is 19.1. The topological polar surface area (TPSA) is 110 Å². The molecule has 3 heterocycles. The number of morpholine rings is 1. The first-order chi connectivity index (χ1) is 19.5. The Bertz CT molecular complexity index is 1520. The molecule has 4 aromatic rings. The van der Waals surface area contributed by atoms with Gasteiger partial charge in [-0.2, -0.15) is 5.10 Å². The number of ether oxygens (including phenoxy) is 1. The molecule has 40 heavy (non-hydrogen) atoms. The number of amides is 1. The van der Waals surface area contributed by atoms with E-state index in [1.807, 2.05) is 36.4 Å². The molecule has 2 aromatic heterocycles. The molecule has 1 saturated carbocycles. The summed E-state index contributed by atoms with van der Waals surface area (Å²) in [6, 6.07) is 17.8. The first kappa shape index (κ1) is 25.7. The molecular formula is C30H30FN7O2. The van der Waals surface area contributed by atoms with E-state index in [4.69, 9.17) is 15.1 Å². The van der Waals surface area contributed by atoms with Crippen molar-refractivity contribution in [3.05, 3.63) is 78.2 Å². The van der Waals surface area contributed by atoms with Crippen molar-refractivity contribution in [2.24, 2.45) is 5.92 Å². The number of rotatable bonds is 8. The third kappa shape index (κ3) is 5.05. The fourth-order valence-electron chi connectivity index (χ4n) is 5.03. The van der Waals surface area contributed by atoms with Crippen LogP contribution in [0.4, 0.5) is 33.2 Å². The number of carbonyl (C=O) groups excluding carboxylic acids is 1. The number of hydrogen-bond donors (Lipinski definition) is 3. The summed E-state index contributed by atoms with van der Waals surface area (Å²) in [5, 5.41) is 18.3. The monoisotopic (exact) mass is 539 g/mol. The van der Waals surface area contributed by atoms with Gasteiger partial charge in [0.2, 0.25) is 5.91 Å². The molecule has 204 valence electrons. The Morgan fingerprint density at radius 2 is 1.98 bits per heavy atom. The average molecular weight is 540 g/mol. The zero-order valence-corrected chi connectivity index (χ0v) is 22.1. The van der Waals surface area contributed by atoms with Crippen molar-refractivity contribution < 1.29 is 13.9 Å². The molecule has 1 saturated heterocycles. The van der Waals surface area contributed by atoms with Crippen molar-refractivity contribution >= 4 is 41.0 Å². The molecule has 2 aromatic carbocycles. The molecule has 10 heteroatoms. The largest absolute Gasteiger partial charge is 0.377 e. The normalized spacial score (nSPS) is 16.9. The lowest BCUT2D eigenvalue weighted by molar-refractivity contribution is -0.119. The zero-order valence-electron chi connectivity index (χ0n) is 22.1. The Morgan fingerprint density at radius 3 is 2.65 bits per heavy atom. The second-order valence-corrected chi connectivity index (χ2v) is 10.1. The lowest BCUT2D eigenvalue weighted by atomic mass is 9.99. The van der Waals surface area contributed by atoms with Gasteiger partial charge < -0.3 is 20.4 Å². The SMILES string of the molecule is C[C@@H]1COCCN1c1cc(-c2ccc(N(C(=O)C3CC3)c3ccccc3)cc2F)c(C=N)c(Nc2ccn[nH]2)n1. The number of H-pyrrole nitrogens is 1. The van der Waals surface area contributed by atoms with Crippen LogP contribution in [-0.4, -0.2) is 53.1 Å². The average Bonchev–Trinajstić information content (AvgIpc) is 3.70. The second kappa shape index (κ2) is 10.9. The molecule has 1 amide bonds. The van der Waals surface area contributed by atoms with E-state index in [9.17, 15) is 4.79 Å². The summed E-state index contributed by atoms with van der Waals surface area (Å²) >= 11 is 0. The highest BCUT2D eigenvalue weighted by Crippen LogP contribution is 2.39. The summed E-state index contributed by atoms with van der Waals surface area (Å²) in [6.07, 6.45) is 4.48. The number of hydrogen-bond acceptors (Lipinski definition) is 7. The van der Waals surface area contributed by atoms with Crippen LogP contribution in [-0.2, 0) is 9.53 Å². The maximum Gasteiger partial charge on any atom is 0.234 e. The number of nitrogens with zero attached hydrogens (tertiary/aromatic N) is 4. The molecule has 0 radical (unpaired) electrons. The van der Waals surface area contributed by atoms with Gasteiger partial charge in [-0.15, -0.1) is 0 Å². The number of carbonyl (C=O) groups is 1. The number of para-hydroxylation sites is 1. The van der Waals surface area contributed by atoms with Crippen molar-refractivity contribution in [2.75, 3.05) is 34.9 Å². The lowest BCUT2D eigenvalue weighted by Gasteiger charge is -2.35. The first-order valence-electron chi connectivity index (χ1n) is 13.4. The minimum Gasteiger partial charge on any atom is -0.377 e. The number of pyridine rings is 1. The van der Waals surface area contributed by atoms with Crippen LogP contribution in [0.3, 0.4) is 0 Å². The zero-order chi connectivity index (χ0) is 27.6. The fourth-order valence-corrected chi connectivity index (χ4v) is 5.03. The van der Waals surface area contributed by atoms with Gasteiger partial charge in [0.1, 0.15) is 23.3 Å². The van der Waals surface area contributed by atoms with Crippen molar-refractivity contribution in [1.29, 1.82) is 5.41 Å². The van der Waals surface area contributed by atoms with Gasteiger partial charge in [0.25, 0.3) is 0 Å². The molecule has 3 N–H and O–H groups in total. The second-order valence-electron chi connectivity index (χ2n) is 10.1. The van der Waals surface area contributed by atoms with E-state index in [2.05, 4.69) is 27.3 Å². The van der Waals surface area contributed by atoms with Crippen molar-refractivity contribution in [1.82, 2.24) is 15.2 Å². The Labute approximate surface area is 231 Å². The van der Waals surface area contributed by atoms with Gasteiger partial charge in [-0.3, -0.25) is 14.8 Å². The van der Waals surface area contributed by atoms with E-state index >= 15 is 4.39 Å². The number of aromatic nitrogens is 3. The predicted octanol–water partition coefficient (Wildman–Crippen LogP) is 5.65. The molecular weight excluding hydrogens is 509 g/mol. The van der Waals surface area contributed by atoms with Crippen LogP contribution >= 0.6 is 0 Å². The van der Waals surface area contributed by atoms with Crippen LogP contribution in [0.5, 0.6) is 0 Å². The van der Waals surface area contributed by atoms with Crippen LogP contribution in [0.25, 0.3) is 11.1 Å². The third-order valence-corrected chi connectivity index (χ3v) is 7.27. The molecule has 1 aliphatic carbocycles. The van der Waals surface area contributed by atoms with Crippen molar-refractivity contribution in [2.45, 2.75) is 25.8 Å². The van der Waals surface area contributed by atoms with Crippen LogP contribution in [0.15, 0.2) is 66.9 Å². The Balaban J connectivity index is 1.45. The minimum atomic E-state index is -0.496. The summed E-state index contributed by atoms with van der Waals surface area (Å²) in [7, 11) is 0. The van der Waals surface area contributed by atoms with Gasteiger partial charge in [0, 0.05) is 47.1 Å². The van der Waals surface area contributed by atoms with Gasteiger partial charge in [-0.25, -0.2) is 9.37 Å². The molecule has 0 unspecified atom stereocenters. The maximum absolute atomic E-state index is 16.1. The van der Waals surface area contributed by atoms with Crippen LogP contribution in [0, 0.1) is 17.1 Å². The highest BCUT2D eigenvalue weighted by Gasteiger charge is 2.35. The van der Waals surface area contributed by atoms with Crippen LogP contribution in [0.1, 0.15) is 25.3 Å². The number of anilines is 5. The molecule has 2 fully saturated rings. The molecule has 9 nitrogen and oxygen atoms in total. The Morgan fingerprint density at radius 1 is 1.15 bits per heavy atom. The number of benzene rings is 2. The summed E-state index contributed by atoms with van der Waals surface area (Å²) in [5.41, 5.74) is 2.42. The molecule has 1 atom stereocenters. The quantitative estimate of drug-likeness (QED) is 0.250. The summed E-state index contributed by atoms with van der Waals surface area (Å²) in [6.45, 7) is 3.81. The van der Waals surface area contributed by atoms with E-state index in [0.717, 1.165) is 12.8 Å². The first-order valence-corrected chi connectivity index (χ1v) is 13.4. The third-order valence-electron chi connectivity index (χ3n) is 7.27. The van der Waals surface area contributed by atoms with E-state index in [1.165, 1.54) is 12.3 Å². The molecule has 1 aliphatic heterocycles. The Hall–Kier alpha value is -4.57. The number of aromatic amines is 1. The van der Waals surface area contributed by atoms with Gasteiger partial charge in [0.15, 0.2) is 0 Å².